The number of hydrogen-bond acceptors (Lipinski definition) is 5. The van der Waals surface area contributed by atoms with E-state index in [0.717, 1.165) is 25.7 Å². The Labute approximate surface area is 179 Å². The van der Waals surface area contributed by atoms with Crippen LogP contribution in [0.15, 0.2) is 23.2 Å². The van der Waals surface area contributed by atoms with Gasteiger partial charge >= 0.3 is 0 Å². The molecule has 1 aromatic carbocycles. The van der Waals surface area contributed by atoms with Gasteiger partial charge in [-0.2, -0.15) is 0 Å². The highest BCUT2D eigenvalue weighted by Crippen LogP contribution is 2.39. The number of methoxy groups -OCH3 is 2. The van der Waals surface area contributed by atoms with Crippen molar-refractivity contribution in [1.29, 1.82) is 0 Å². The van der Waals surface area contributed by atoms with Crippen molar-refractivity contribution in [3.8, 4) is 11.5 Å². The van der Waals surface area contributed by atoms with Crippen LogP contribution in [-0.4, -0.2) is 69.8 Å². The van der Waals surface area contributed by atoms with Gasteiger partial charge in [-0.1, -0.05) is 12.8 Å². The zero-order chi connectivity index (χ0) is 22.1. The van der Waals surface area contributed by atoms with Crippen molar-refractivity contribution in [2.24, 2.45) is 10.4 Å². The van der Waals surface area contributed by atoms with E-state index in [0.29, 0.717) is 36.1 Å². The van der Waals surface area contributed by atoms with Crippen molar-refractivity contribution in [2.75, 3.05) is 47.9 Å². The molecule has 1 aliphatic carbocycles. The molecule has 168 valence electrons. The van der Waals surface area contributed by atoms with E-state index < -0.39 is 11.5 Å². The minimum absolute atomic E-state index is 0.140. The molecule has 0 spiro atoms. The van der Waals surface area contributed by atoms with Crippen LogP contribution in [-0.2, 0) is 4.79 Å². The standard InChI is InChI=1S/C22H36N4O4/c1-6-23-21(25-15-22(11-7-8-12-22)20(28)26(2)3)24-14-18(27)17-13-16(29-4)9-10-19(17)30-5/h9-10,13,18,27H,6-8,11-12,14-15H2,1-5H3,(H2,23,24,25). The molecule has 1 amide bonds. The molecule has 1 saturated carbocycles. The number of carbonyl (C=O) groups excluding carboxylic acids is 1. The molecule has 1 unspecified atom stereocenters. The number of aliphatic imine (C=N–C) groups is 1. The number of rotatable bonds is 9. The minimum Gasteiger partial charge on any atom is -0.497 e. The van der Waals surface area contributed by atoms with Gasteiger partial charge in [-0.3, -0.25) is 9.79 Å². The van der Waals surface area contributed by atoms with E-state index in [9.17, 15) is 9.90 Å². The van der Waals surface area contributed by atoms with Crippen LogP contribution in [0.5, 0.6) is 11.5 Å². The lowest BCUT2D eigenvalue weighted by atomic mass is 9.85. The summed E-state index contributed by atoms with van der Waals surface area (Å²) in [4.78, 5) is 19.1. The summed E-state index contributed by atoms with van der Waals surface area (Å²) in [5.74, 6) is 1.96. The van der Waals surface area contributed by atoms with Crippen molar-refractivity contribution < 1.29 is 19.4 Å². The molecule has 8 heteroatoms. The van der Waals surface area contributed by atoms with Gasteiger partial charge < -0.3 is 30.1 Å². The van der Waals surface area contributed by atoms with E-state index in [1.165, 1.54) is 0 Å². The highest BCUT2D eigenvalue weighted by atomic mass is 16.5. The first kappa shape index (κ1) is 23.8. The first-order valence-electron chi connectivity index (χ1n) is 10.5. The van der Waals surface area contributed by atoms with Crippen LogP contribution in [0.25, 0.3) is 0 Å². The van der Waals surface area contributed by atoms with Crippen LogP contribution < -0.4 is 20.1 Å². The molecule has 0 saturated heterocycles. The fourth-order valence-electron chi connectivity index (χ4n) is 3.94. The number of amides is 1. The predicted molar refractivity (Wildman–Crippen MR) is 118 cm³/mol. The van der Waals surface area contributed by atoms with Gasteiger partial charge in [-0.25, -0.2) is 0 Å². The van der Waals surface area contributed by atoms with Crippen LogP contribution >= 0.6 is 0 Å². The Bertz CT molecular complexity index is 730. The number of aliphatic hydroxyl groups is 1. The molecule has 0 radical (unpaired) electrons. The third kappa shape index (κ3) is 5.78. The molecule has 2 rings (SSSR count). The van der Waals surface area contributed by atoms with Crippen molar-refractivity contribution >= 4 is 11.9 Å². The number of guanidine groups is 1. The maximum Gasteiger partial charge on any atom is 0.230 e. The van der Waals surface area contributed by atoms with Crippen LogP contribution in [0, 0.1) is 5.41 Å². The van der Waals surface area contributed by atoms with Crippen LogP contribution in [0.4, 0.5) is 0 Å². The monoisotopic (exact) mass is 420 g/mol. The Balaban J connectivity index is 2.11. The molecule has 30 heavy (non-hydrogen) atoms. The van der Waals surface area contributed by atoms with Crippen LogP contribution in [0.3, 0.4) is 0 Å². The Hall–Kier alpha value is -2.48. The van der Waals surface area contributed by atoms with Gasteiger partial charge in [0.2, 0.25) is 5.91 Å². The van der Waals surface area contributed by atoms with Gasteiger partial charge in [0, 0.05) is 32.7 Å². The quantitative estimate of drug-likeness (QED) is 0.417. The molecule has 8 nitrogen and oxygen atoms in total. The molecule has 0 heterocycles. The van der Waals surface area contributed by atoms with Gasteiger partial charge in [0.25, 0.3) is 0 Å². The first-order chi connectivity index (χ1) is 14.4. The molecule has 0 aromatic heterocycles. The second kappa shape index (κ2) is 11.1. The maximum atomic E-state index is 12.8. The van der Waals surface area contributed by atoms with Gasteiger partial charge in [0.15, 0.2) is 5.96 Å². The second-order valence-electron chi connectivity index (χ2n) is 7.89. The average molecular weight is 421 g/mol. The molecular weight excluding hydrogens is 384 g/mol. The third-order valence-electron chi connectivity index (χ3n) is 5.56. The normalized spacial score (nSPS) is 16.7. The van der Waals surface area contributed by atoms with Crippen LogP contribution in [0.1, 0.15) is 44.3 Å². The van der Waals surface area contributed by atoms with Gasteiger partial charge in [-0.05, 0) is 38.0 Å². The van der Waals surface area contributed by atoms with Crippen molar-refractivity contribution in [2.45, 2.75) is 38.7 Å². The number of carbonyl (C=O) groups is 1. The predicted octanol–water partition coefficient (Wildman–Crippen LogP) is 1.94. The van der Waals surface area contributed by atoms with Crippen molar-refractivity contribution in [3.05, 3.63) is 23.8 Å². The largest absolute Gasteiger partial charge is 0.497 e. The molecule has 1 atom stereocenters. The van der Waals surface area contributed by atoms with E-state index in [-0.39, 0.29) is 12.5 Å². The zero-order valence-corrected chi connectivity index (χ0v) is 18.8. The summed E-state index contributed by atoms with van der Waals surface area (Å²) in [5, 5.41) is 17.1. The Morgan fingerprint density at radius 1 is 1.23 bits per heavy atom. The van der Waals surface area contributed by atoms with Gasteiger partial charge in [-0.15, -0.1) is 0 Å². The molecular formula is C22H36N4O4. The fourth-order valence-corrected chi connectivity index (χ4v) is 3.94. The SMILES string of the molecule is CCNC(=NCC1(C(=O)N(C)C)CCCC1)NCC(O)c1cc(OC)ccc1OC. The van der Waals surface area contributed by atoms with E-state index in [1.807, 2.05) is 6.92 Å². The third-order valence-corrected chi connectivity index (χ3v) is 5.56. The van der Waals surface area contributed by atoms with Crippen molar-refractivity contribution in [1.82, 2.24) is 15.5 Å². The van der Waals surface area contributed by atoms with Gasteiger partial charge in [0.05, 0.1) is 32.3 Å². The number of aliphatic hydroxyl groups excluding tert-OH is 1. The highest BCUT2D eigenvalue weighted by Gasteiger charge is 2.42. The van der Waals surface area contributed by atoms with Crippen molar-refractivity contribution in [3.63, 3.8) is 0 Å². The summed E-state index contributed by atoms with van der Waals surface area (Å²) in [5.41, 5.74) is 0.204. The molecule has 0 bridgehead atoms. The van der Waals surface area contributed by atoms with E-state index in [2.05, 4.69) is 10.6 Å². The number of nitrogens with zero attached hydrogens (tertiary/aromatic N) is 2. The summed E-state index contributed by atoms with van der Waals surface area (Å²) >= 11 is 0. The lowest BCUT2D eigenvalue weighted by molar-refractivity contribution is -0.138. The second-order valence-corrected chi connectivity index (χ2v) is 7.89. The number of benzene rings is 1. The number of nitrogens with one attached hydrogen (secondary N) is 2. The summed E-state index contributed by atoms with van der Waals surface area (Å²) in [6.45, 7) is 3.33. The maximum absolute atomic E-state index is 12.8. The molecule has 3 N–H and O–H groups in total. The Morgan fingerprint density at radius 3 is 2.50 bits per heavy atom. The van der Waals surface area contributed by atoms with E-state index in [4.69, 9.17) is 14.5 Å². The lowest BCUT2D eigenvalue weighted by Gasteiger charge is -2.29. The smallest absolute Gasteiger partial charge is 0.230 e. The van der Waals surface area contributed by atoms with E-state index >= 15 is 0 Å². The fraction of sp³-hybridized carbons (Fsp3) is 0.636. The van der Waals surface area contributed by atoms with Gasteiger partial charge in [0.1, 0.15) is 11.5 Å². The average Bonchev–Trinajstić information content (AvgIpc) is 3.24. The highest BCUT2D eigenvalue weighted by molar-refractivity contribution is 5.84. The number of hydrogen-bond donors (Lipinski definition) is 3. The Morgan fingerprint density at radius 2 is 1.93 bits per heavy atom. The zero-order valence-electron chi connectivity index (χ0n) is 18.8. The van der Waals surface area contributed by atoms with Crippen LogP contribution in [0.2, 0.25) is 0 Å². The summed E-state index contributed by atoms with van der Waals surface area (Å²) < 4.78 is 10.6. The lowest BCUT2D eigenvalue weighted by Crippen LogP contribution is -2.43. The van der Waals surface area contributed by atoms with E-state index in [1.54, 1.807) is 51.4 Å². The molecule has 0 aliphatic heterocycles. The topological polar surface area (TPSA) is 95.4 Å². The molecule has 1 aromatic rings. The first-order valence-corrected chi connectivity index (χ1v) is 10.5. The minimum atomic E-state index is -0.817. The number of ether oxygens (including phenoxy) is 2. The summed E-state index contributed by atoms with van der Waals surface area (Å²) in [6.07, 6.45) is 3.00. The summed E-state index contributed by atoms with van der Waals surface area (Å²) in [7, 11) is 6.75. The summed E-state index contributed by atoms with van der Waals surface area (Å²) in [6, 6.07) is 5.32. The molecule has 1 fully saturated rings. The molecule has 1 aliphatic rings. The Kier molecular flexibility index (Phi) is 8.77.